The fourth-order valence-corrected chi connectivity index (χ4v) is 4.29. The maximum absolute atomic E-state index is 13.2. The number of aromatic nitrogens is 3. The number of Topliss-reactive ketones (excluding diaryl/α,β-unsaturated/α-hetero) is 1. The third kappa shape index (κ3) is 2.70. The van der Waals surface area contributed by atoms with Crippen molar-refractivity contribution in [3.63, 3.8) is 0 Å². The Morgan fingerprint density at radius 2 is 2.04 bits per heavy atom. The van der Waals surface area contributed by atoms with Gasteiger partial charge < -0.3 is 9.73 Å². The van der Waals surface area contributed by atoms with Crippen LogP contribution in [0.2, 0.25) is 0 Å². The minimum atomic E-state index is -0.254. The smallest absolute Gasteiger partial charge is 0.227 e. The molecule has 27 heavy (non-hydrogen) atoms. The maximum Gasteiger partial charge on any atom is 0.227 e. The number of anilines is 1. The summed E-state index contributed by atoms with van der Waals surface area (Å²) in [6.07, 6.45) is 4.77. The fraction of sp³-hybridized carbons (Fsp3) is 0.250. The molecule has 1 aromatic carbocycles. The highest BCUT2D eigenvalue weighted by Crippen LogP contribution is 2.44. The average molecular weight is 378 g/mol. The van der Waals surface area contributed by atoms with Crippen molar-refractivity contribution < 1.29 is 9.21 Å². The predicted molar refractivity (Wildman–Crippen MR) is 103 cm³/mol. The SMILES string of the molecule is CSc1nc2n(n1)C(c1ccccc1)C1=C(CC(c3ccco3)CC1=O)N2. The van der Waals surface area contributed by atoms with Crippen LogP contribution in [0.5, 0.6) is 0 Å². The summed E-state index contributed by atoms with van der Waals surface area (Å²) in [5.74, 6) is 1.71. The molecule has 0 amide bonds. The van der Waals surface area contributed by atoms with Crippen LogP contribution in [0.25, 0.3) is 0 Å². The molecule has 7 heteroatoms. The van der Waals surface area contributed by atoms with E-state index in [2.05, 4.69) is 15.4 Å². The Hall–Kier alpha value is -2.80. The molecule has 2 aliphatic rings. The van der Waals surface area contributed by atoms with E-state index in [1.165, 1.54) is 11.8 Å². The van der Waals surface area contributed by atoms with E-state index in [0.29, 0.717) is 17.5 Å². The molecule has 6 nitrogen and oxygen atoms in total. The van der Waals surface area contributed by atoms with Gasteiger partial charge >= 0.3 is 0 Å². The van der Waals surface area contributed by atoms with Crippen molar-refractivity contribution in [2.45, 2.75) is 30.0 Å². The summed E-state index contributed by atoms with van der Waals surface area (Å²) >= 11 is 1.49. The van der Waals surface area contributed by atoms with Gasteiger partial charge in [0.05, 0.1) is 6.26 Å². The number of ketones is 1. The van der Waals surface area contributed by atoms with Crippen LogP contribution < -0.4 is 5.32 Å². The number of rotatable bonds is 3. The Morgan fingerprint density at radius 1 is 1.19 bits per heavy atom. The highest BCUT2D eigenvalue weighted by molar-refractivity contribution is 7.98. The highest BCUT2D eigenvalue weighted by Gasteiger charge is 2.40. The van der Waals surface area contributed by atoms with E-state index in [9.17, 15) is 4.79 Å². The molecule has 1 N–H and O–H groups in total. The molecular weight excluding hydrogens is 360 g/mol. The molecule has 136 valence electrons. The van der Waals surface area contributed by atoms with E-state index in [1.54, 1.807) is 6.26 Å². The number of carbonyl (C=O) groups is 1. The van der Waals surface area contributed by atoms with E-state index >= 15 is 0 Å². The van der Waals surface area contributed by atoms with Crippen LogP contribution in [0.15, 0.2) is 69.6 Å². The molecule has 2 unspecified atom stereocenters. The second kappa shape index (κ2) is 6.42. The van der Waals surface area contributed by atoms with E-state index in [4.69, 9.17) is 4.42 Å². The van der Waals surface area contributed by atoms with E-state index in [0.717, 1.165) is 29.0 Å². The number of nitrogens with zero attached hydrogens (tertiary/aromatic N) is 3. The molecule has 0 fully saturated rings. The standard InChI is InChI=1S/C20H18N4O2S/c1-27-20-22-19-21-14-10-13(16-8-5-9-26-16)11-15(25)17(14)18(24(19)23-20)12-6-3-2-4-7-12/h2-9,13,18H,10-11H2,1H3,(H,21,22,23). The van der Waals surface area contributed by atoms with Gasteiger partial charge in [-0.3, -0.25) is 4.79 Å². The lowest BCUT2D eigenvalue weighted by atomic mass is 9.79. The van der Waals surface area contributed by atoms with Gasteiger partial charge in [-0.25, -0.2) is 4.68 Å². The number of hydrogen-bond acceptors (Lipinski definition) is 6. The van der Waals surface area contributed by atoms with E-state index < -0.39 is 0 Å². The number of furan rings is 1. The first-order chi connectivity index (χ1) is 13.2. The summed E-state index contributed by atoms with van der Waals surface area (Å²) in [6.45, 7) is 0. The Balaban J connectivity index is 1.63. The van der Waals surface area contributed by atoms with Gasteiger partial charge in [0.15, 0.2) is 5.78 Å². The Morgan fingerprint density at radius 3 is 2.78 bits per heavy atom. The molecule has 2 atom stereocenters. The van der Waals surface area contributed by atoms with Gasteiger partial charge in [-0.15, -0.1) is 5.10 Å². The van der Waals surface area contributed by atoms with Gasteiger partial charge in [0, 0.05) is 23.6 Å². The molecule has 0 spiro atoms. The minimum absolute atomic E-state index is 0.0460. The second-order valence-corrected chi connectivity index (χ2v) is 7.51. The summed E-state index contributed by atoms with van der Waals surface area (Å²) in [5.41, 5.74) is 2.75. The van der Waals surface area contributed by atoms with Gasteiger partial charge in [-0.1, -0.05) is 42.1 Å². The Labute approximate surface area is 160 Å². The second-order valence-electron chi connectivity index (χ2n) is 6.74. The molecule has 0 saturated heterocycles. The fourth-order valence-electron chi connectivity index (χ4n) is 3.95. The van der Waals surface area contributed by atoms with Crippen LogP contribution in [-0.2, 0) is 4.79 Å². The van der Waals surface area contributed by atoms with Crippen molar-refractivity contribution in [2.75, 3.05) is 11.6 Å². The summed E-state index contributed by atoms with van der Waals surface area (Å²) in [5, 5.41) is 8.68. The van der Waals surface area contributed by atoms with Crippen molar-refractivity contribution in [3.8, 4) is 0 Å². The van der Waals surface area contributed by atoms with Gasteiger partial charge in [-0.05, 0) is 30.4 Å². The molecule has 0 bridgehead atoms. The van der Waals surface area contributed by atoms with Crippen molar-refractivity contribution in [2.24, 2.45) is 0 Å². The molecule has 5 rings (SSSR count). The summed E-state index contributed by atoms with van der Waals surface area (Å²) in [6, 6.07) is 13.6. The third-order valence-electron chi connectivity index (χ3n) is 5.14. The van der Waals surface area contributed by atoms with E-state index in [1.807, 2.05) is 53.4 Å². The number of hydrogen-bond donors (Lipinski definition) is 1. The number of fused-ring (bicyclic) bond motifs is 1. The average Bonchev–Trinajstić information content (AvgIpc) is 3.36. The van der Waals surface area contributed by atoms with Crippen molar-refractivity contribution in [3.05, 3.63) is 71.3 Å². The van der Waals surface area contributed by atoms with Gasteiger partial charge in [-0.2, -0.15) is 4.98 Å². The van der Waals surface area contributed by atoms with Crippen LogP contribution in [0, 0.1) is 0 Å². The van der Waals surface area contributed by atoms with Crippen LogP contribution in [0.4, 0.5) is 5.95 Å². The van der Waals surface area contributed by atoms with Gasteiger partial charge in [0.1, 0.15) is 11.8 Å². The number of carbonyl (C=O) groups excluding carboxylic acids is 1. The van der Waals surface area contributed by atoms with Gasteiger partial charge in [0.25, 0.3) is 0 Å². The summed E-state index contributed by atoms with van der Waals surface area (Å²) in [4.78, 5) is 17.8. The maximum atomic E-state index is 13.2. The van der Waals surface area contributed by atoms with Crippen molar-refractivity contribution in [1.29, 1.82) is 0 Å². The zero-order valence-electron chi connectivity index (χ0n) is 14.8. The highest BCUT2D eigenvalue weighted by atomic mass is 32.2. The van der Waals surface area contributed by atoms with Crippen LogP contribution >= 0.6 is 11.8 Å². The molecule has 2 aromatic heterocycles. The summed E-state index contributed by atoms with van der Waals surface area (Å²) in [7, 11) is 0. The number of allylic oxidation sites excluding steroid dienone is 2. The molecular formula is C20H18N4O2S. The molecule has 0 radical (unpaired) electrons. The molecule has 1 aliphatic heterocycles. The lowest BCUT2D eigenvalue weighted by Gasteiger charge is -2.34. The zero-order chi connectivity index (χ0) is 18.4. The molecule has 0 saturated carbocycles. The predicted octanol–water partition coefficient (Wildman–Crippen LogP) is 4.01. The molecule has 3 heterocycles. The minimum Gasteiger partial charge on any atom is -0.469 e. The summed E-state index contributed by atoms with van der Waals surface area (Å²) < 4.78 is 7.40. The van der Waals surface area contributed by atoms with Gasteiger partial charge in [0.2, 0.25) is 11.1 Å². The first-order valence-corrected chi connectivity index (χ1v) is 10.1. The first kappa shape index (κ1) is 16.4. The van der Waals surface area contributed by atoms with Crippen molar-refractivity contribution in [1.82, 2.24) is 14.8 Å². The first-order valence-electron chi connectivity index (χ1n) is 8.86. The number of nitrogens with one attached hydrogen (secondary N) is 1. The quantitative estimate of drug-likeness (QED) is 0.694. The van der Waals surface area contributed by atoms with Crippen LogP contribution in [0.3, 0.4) is 0 Å². The zero-order valence-corrected chi connectivity index (χ0v) is 15.6. The monoisotopic (exact) mass is 378 g/mol. The molecule has 1 aliphatic carbocycles. The number of benzene rings is 1. The topological polar surface area (TPSA) is 73.0 Å². The third-order valence-corrected chi connectivity index (χ3v) is 5.68. The lowest BCUT2D eigenvalue weighted by molar-refractivity contribution is -0.117. The Bertz CT molecular complexity index is 1020. The van der Waals surface area contributed by atoms with Crippen LogP contribution in [0.1, 0.15) is 36.1 Å². The largest absolute Gasteiger partial charge is 0.469 e. The van der Waals surface area contributed by atoms with Crippen LogP contribution in [-0.4, -0.2) is 26.8 Å². The molecule has 3 aromatic rings. The Kier molecular flexibility index (Phi) is 3.89. The lowest BCUT2D eigenvalue weighted by Crippen LogP contribution is -2.33. The van der Waals surface area contributed by atoms with E-state index in [-0.39, 0.29) is 17.7 Å². The van der Waals surface area contributed by atoms with Crippen molar-refractivity contribution >= 4 is 23.5 Å². The normalized spacial score (nSPS) is 21.6. The number of thioether (sulfide) groups is 1.